The lowest BCUT2D eigenvalue weighted by Gasteiger charge is -2.52. The fraction of sp³-hybridized carbons (Fsp3) is 0.455. The molecule has 11 rings (SSSR count). The molecule has 0 aromatic heterocycles. The number of hydrogen-bond acceptors (Lipinski definition) is 3. The van der Waals surface area contributed by atoms with Crippen LogP contribution in [0, 0.1) is 0 Å². The summed E-state index contributed by atoms with van der Waals surface area (Å²) in [6, 6.07) is 42.8. The Balaban J connectivity index is 1.31. The Bertz CT molecular complexity index is 3160. The standard InChI is InChI=1S/C66H82BN3Si/c1-60(2,3)41-25-28-46(29-26-41)68-52-37-45(64(13,14)15)38-56-59(52)67-57-53(68)39-48(70-50-30-27-42(61(4,5)6)36-49(50)65(16)31-20-21-32-66(65,70)17)40-54(57)69(51-23-22-24-55(58(51)67)71(56,18)19)47-34-43(62(7,8)9)33-44(35-47)63(10,11)12/h22-30,33-40H,20-21,31-32H2,1-19H3. The van der Waals surface area contributed by atoms with Crippen LogP contribution >= 0.6 is 0 Å². The number of rotatable bonds is 3. The minimum atomic E-state index is -2.29. The van der Waals surface area contributed by atoms with Gasteiger partial charge in [0, 0.05) is 50.9 Å². The smallest absolute Gasteiger partial charge is 0.251 e. The van der Waals surface area contributed by atoms with Crippen LogP contribution in [0.4, 0.5) is 45.5 Å². The predicted octanol–water partition coefficient (Wildman–Crippen LogP) is 15.1. The molecule has 3 nitrogen and oxygen atoms in total. The zero-order chi connectivity index (χ0) is 51.1. The summed E-state index contributed by atoms with van der Waals surface area (Å²) in [5.41, 5.74) is 23.3. The van der Waals surface area contributed by atoms with Crippen LogP contribution < -0.4 is 41.5 Å². The first-order valence-electron chi connectivity index (χ1n) is 27.2. The maximum atomic E-state index is 2.85. The topological polar surface area (TPSA) is 9.72 Å². The minimum Gasteiger partial charge on any atom is -0.334 e. The molecule has 0 saturated heterocycles. The summed E-state index contributed by atoms with van der Waals surface area (Å²) in [6.07, 6.45) is 4.83. The molecule has 4 heterocycles. The molecule has 368 valence electrons. The Morgan fingerprint density at radius 3 is 1.51 bits per heavy atom. The molecule has 6 aromatic carbocycles. The summed E-state index contributed by atoms with van der Waals surface area (Å²) in [4.78, 5) is 8.33. The van der Waals surface area contributed by atoms with Gasteiger partial charge in [-0.1, -0.05) is 196 Å². The lowest BCUT2D eigenvalue weighted by molar-refractivity contribution is 0.195. The van der Waals surface area contributed by atoms with Crippen molar-refractivity contribution in [1.82, 2.24) is 0 Å². The van der Waals surface area contributed by atoms with Crippen LogP contribution in [0.5, 0.6) is 0 Å². The summed E-state index contributed by atoms with van der Waals surface area (Å²) in [6.45, 7) is 46.3. The molecule has 1 fully saturated rings. The molecule has 6 aromatic rings. The molecule has 0 amide bonds. The van der Waals surface area contributed by atoms with Crippen molar-refractivity contribution in [2.24, 2.45) is 0 Å². The molecule has 71 heavy (non-hydrogen) atoms. The summed E-state index contributed by atoms with van der Waals surface area (Å²) < 4.78 is 0. The van der Waals surface area contributed by atoms with Gasteiger partial charge in [-0.3, -0.25) is 0 Å². The average Bonchev–Trinajstić information content (AvgIpc) is 3.48. The number of hydrogen-bond donors (Lipinski definition) is 0. The van der Waals surface area contributed by atoms with Crippen molar-refractivity contribution in [2.75, 3.05) is 14.7 Å². The summed E-state index contributed by atoms with van der Waals surface area (Å²) in [7, 11) is -2.29. The Morgan fingerprint density at radius 1 is 0.423 bits per heavy atom. The van der Waals surface area contributed by atoms with Gasteiger partial charge in [0.2, 0.25) is 0 Å². The summed E-state index contributed by atoms with van der Waals surface area (Å²) >= 11 is 0. The summed E-state index contributed by atoms with van der Waals surface area (Å²) in [5.74, 6) is 0. The van der Waals surface area contributed by atoms with E-state index in [4.69, 9.17) is 0 Å². The van der Waals surface area contributed by atoms with E-state index in [1.165, 1.54) is 115 Å². The van der Waals surface area contributed by atoms with Crippen LogP contribution in [0.1, 0.15) is 177 Å². The van der Waals surface area contributed by atoms with Crippen LogP contribution in [-0.4, -0.2) is 20.3 Å². The van der Waals surface area contributed by atoms with E-state index in [2.05, 4.69) is 249 Å². The van der Waals surface area contributed by atoms with E-state index in [0.717, 1.165) is 6.42 Å². The van der Waals surface area contributed by atoms with E-state index < -0.39 is 8.07 Å². The molecule has 5 aliphatic rings. The van der Waals surface area contributed by atoms with Gasteiger partial charge in [0.1, 0.15) is 8.07 Å². The predicted molar refractivity (Wildman–Crippen MR) is 314 cm³/mol. The Labute approximate surface area is 430 Å². The third-order valence-electron chi connectivity index (χ3n) is 18.5. The van der Waals surface area contributed by atoms with Crippen LogP contribution in [0.3, 0.4) is 0 Å². The van der Waals surface area contributed by atoms with Crippen molar-refractivity contribution < 1.29 is 0 Å². The Morgan fingerprint density at radius 2 is 0.930 bits per heavy atom. The third-order valence-corrected chi connectivity index (χ3v) is 22.1. The molecule has 2 unspecified atom stereocenters. The molecule has 2 atom stereocenters. The third kappa shape index (κ3) is 7.00. The van der Waals surface area contributed by atoms with E-state index in [-0.39, 0.29) is 44.7 Å². The first-order chi connectivity index (χ1) is 32.9. The number of nitrogens with zero attached hydrogens (tertiary/aromatic N) is 3. The van der Waals surface area contributed by atoms with Crippen LogP contribution in [-0.2, 0) is 32.5 Å². The van der Waals surface area contributed by atoms with Crippen molar-refractivity contribution >= 4 is 87.0 Å². The second-order valence-electron chi connectivity index (χ2n) is 28.8. The molecular weight excluding hydrogens is 874 g/mol. The highest BCUT2D eigenvalue weighted by Crippen LogP contribution is 2.62. The lowest BCUT2D eigenvalue weighted by atomic mass is 9.33. The molecule has 0 N–H and O–H groups in total. The zero-order valence-corrected chi connectivity index (χ0v) is 48.1. The first kappa shape index (κ1) is 48.3. The van der Waals surface area contributed by atoms with Gasteiger partial charge in [-0.25, -0.2) is 0 Å². The monoisotopic (exact) mass is 956 g/mol. The van der Waals surface area contributed by atoms with Crippen molar-refractivity contribution in [3.63, 3.8) is 0 Å². The second kappa shape index (κ2) is 15.1. The van der Waals surface area contributed by atoms with Gasteiger partial charge >= 0.3 is 0 Å². The van der Waals surface area contributed by atoms with E-state index in [1.54, 1.807) is 10.4 Å². The number of benzene rings is 6. The molecule has 0 radical (unpaired) electrons. The molecule has 0 spiro atoms. The molecule has 1 saturated carbocycles. The maximum Gasteiger partial charge on any atom is 0.251 e. The lowest BCUT2D eigenvalue weighted by Crippen LogP contribution is -2.79. The van der Waals surface area contributed by atoms with Crippen LogP contribution in [0.2, 0.25) is 13.1 Å². The largest absolute Gasteiger partial charge is 0.334 e. The zero-order valence-electron chi connectivity index (χ0n) is 47.1. The fourth-order valence-electron chi connectivity index (χ4n) is 13.8. The van der Waals surface area contributed by atoms with Crippen molar-refractivity contribution in [3.05, 3.63) is 137 Å². The van der Waals surface area contributed by atoms with E-state index in [0.29, 0.717) is 0 Å². The van der Waals surface area contributed by atoms with Crippen molar-refractivity contribution in [3.8, 4) is 0 Å². The van der Waals surface area contributed by atoms with Crippen LogP contribution in [0.25, 0.3) is 0 Å². The van der Waals surface area contributed by atoms with Crippen molar-refractivity contribution in [1.29, 1.82) is 0 Å². The molecule has 1 aliphatic carbocycles. The maximum absolute atomic E-state index is 2.85. The van der Waals surface area contributed by atoms with Gasteiger partial charge in [-0.05, 0) is 151 Å². The van der Waals surface area contributed by atoms with Gasteiger partial charge in [-0.15, -0.1) is 0 Å². The highest BCUT2D eigenvalue weighted by atomic mass is 28.3. The van der Waals surface area contributed by atoms with E-state index in [9.17, 15) is 0 Å². The molecule has 0 bridgehead atoms. The quantitative estimate of drug-likeness (QED) is 0.163. The van der Waals surface area contributed by atoms with E-state index in [1.807, 2.05) is 0 Å². The van der Waals surface area contributed by atoms with Gasteiger partial charge in [-0.2, -0.15) is 0 Å². The van der Waals surface area contributed by atoms with Gasteiger partial charge < -0.3 is 14.7 Å². The number of fused-ring (bicyclic) bond motifs is 3. The Kier molecular flexibility index (Phi) is 10.2. The number of anilines is 8. The molecule has 5 heteroatoms. The molecule has 4 aliphatic heterocycles. The average molecular weight is 956 g/mol. The van der Waals surface area contributed by atoms with Gasteiger partial charge in [0.05, 0.1) is 5.54 Å². The SMILES string of the molecule is CC(C)(C)c1ccc(N2c3cc(N4c5ccc(C(C)(C)C)cc5C5(C)CCCCC45C)cc4c3B3c5c(cccc5[Si](C)(C)c5cc(C(C)(C)C)cc2c53)N4c2cc(C(C)(C)C)cc(C(C)(C)C)c2)cc1. The van der Waals surface area contributed by atoms with Gasteiger partial charge in [0.15, 0.2) is 0 Å². The van der Waals surface area contributed by atoms with Gasteiger partial charge in [0.25, 0.3) is 6.71 Å². The summed E-state index contributed by atoms with van der Waals surface area (Å²) in [5, 5.41) is 3.17. The highest BCUT2D eigenvalue weighted by Gasteiger charge is 2.59. The molecular formula is C66H82BN3Si. The van der Waals surface area contributed by atoms with Crippen LogP contribution in [0.15, 0.2) is 103 Å². The Hall–Kier alpha value is -5.00. The fourth-order valence-corrected chi connectivity index (χ4v) is 17.0. The first-order valence-corrected chi connectivity index (χ1v) is 30.2. The van der Waals surface area contributed by atoms with E-state index >= 15 is 0 Å². The van der Waals surface area contributed by atoms with Crippen molar-refractivity contribution in [2.45, 2.75) is 195 Å². The second-order valence-corrected chi connectivity index (χ2v) is 33.1. The highest BCUT2D eigenvalue weighted by molar-refractivity contribution is 7.16. The normalized spacial score (nSPS) is 21.1. The minimum absolute atomic E-state index is 0.00994.